The molecule has 0 nitrogen and oxygen atoms in total. The number of rotatable bonds is 2. The van der Waals surface area contributed by atoms with Crippen LogP contribution in [0.5, 0.6) is 0 Å². The molecule has 0 radical (unpaired) electrons. The largest absolute Gasteiger partial charge is 1.00 e. The summed E-state index contributed by atoms with van der Waals surface area (Å²) in [5, 5.41) is 0. The minimum absolute atomic E-state index is 0. The predicted molar refractivity (Wildman–Crippen MR) is 127 cm³/mol. The summed E-state index contributed by atoms with van der Waals surface area (Å²) in [5.74, 6) is 0. The van der Waals surface area contributed by atoms with E-state index in [0.29, 0.717) is 3.63 Å². The minimum Gasteiger partial charge on any atom is -1.00 e. The van der Waals surface area contributed by atoms with Crippen LogP contribution in [-0.2, 0) is 31.1 Å². The zero-order valence-corrected chi connectivity index (χ0v) is 24.5. The van der Waals surface area contributed by atoms with Crippen molar-refractivity contribution in [3.8, 4) is 11.1 Å². The molecule has 0 N–H and O–H groups in total. The Morgan fingerprint density at radius 1 is 0.781 bits per heavy atom. The predicted octanol–water partition coefficient (Wildman–Crippen LogP) is 2.60. The number of hydrogen-bond donors (Lipinski definition) is 0. The Labute approximate surface area is 212 Å². The topological polar surface area (TPSA) is 0 Å². The zero-order valence-electron chi connectivity index (χ0n) is 20.5. The Bertz CT molecular complexity index is 1030. The van der Waals surface area contributed by atoms with Crippen molar-refractivity contribution in [2.24, 2.45) is 0 Å². The molecule has 170 valence electrons. The van der Waals surface area contributed by atoms with Crippen LogP contribution in [0.15, 0.2) is 57.9 Å². The molecule has 2 aromatic carbocycles. The number of hydrogen-bond acceptors (Lipinski definition) is 0. The fourth-order valence-corrected chi connectivity index (χ4v) is 22.7. The summed E-state index contributed by atoms with van der Waals surface area (Å²) in [7, 11) is 0. The SMILES string of the molecule is C[CH]1[CH2][Zr+2]1([C]1=CC=CC1)[CH]1c2ccc(C(C)(C)C)cc2-c2cc(C(C)(C)C)ccc21.[Cl-].[Cl-]. The first-order valence-corrected chi connectivity index (χ1v) is 17.5. The van der Waals surface area contributed by atoms with Gasteiger partial charge in [0.05, 0.1) is 0 Å². The van der Waals surface area contributed by atoms with E-state index in [0.717, 1.165) is 3.63 Å². The molecule has 2 aliphatic carbocycles. The minimum atomic E-state index is -2.45. The van der Waals surface area contributed by atoms with Crippen LogP contribution in [0, 0.1) is 0 Å². The molecule has 3 heteroatoms. The number of halogens is 2. The van der Waals surface area contributed by atoms with Crippen LogP contribution in [0.3, 0.4) is 0 Å². The molecule has 0 aromatic heterocycles. The molecule has 1 aliphatic heterocycles. The van der Waals surface area contributed by atoms with Crippen molar-refractivity contribution in [1.29, 1.82) is 0 Å². The Morgan fingerprint density at radius 2 is 1.25 bits per heavy atom. The molecular weight excluding hydrogens is 510 g/mol. The second-order valence-corrected chi connectivity index (χ2v) is 23.5. The monoisotopic (exact) mass is 544 g/mol. The van der Waals surface area contributed by atoms with E-state index in [1.54, 1.807) is 11.1 Å². The maximum atomic E-state index is 2.56. The number of benzene rings is 2. The third-order valence-electron chi connectivity index (χ3n) is 8.00. The quantitative estimate of drug-likeness (QED) is 0.544. The van der Waals surface area contributed by atoms with Gasteiger partial charge in [-0.25, -0.2) is 0 Å². The van der Waals surface area contributed by atoms with Gasteiger partial charge < -0.3 is 24.8 Å². The van der Waals surface area contributed by atoms with E-state index in [1.165, 1.54) is 32.8 Å². The Kier molecular flexibility index (Phi) is 6.95. The first-order chi connectivity index (χ1) is 14.0. The summed E-state index contributed by atoms with van der Waals surface area (Å²) in [4.78, 5) is 0. The van der Waals surface area contributed by atoms with Gasteiger partial charge in [0.1, 0.15) is 0 Å². The summed E-state index contributed by atoms with van der Waals surface area (Å²) in [6.07, 6.45) is 8.44. The normalized spacial score (nSPS) is 21.7. The van der Waals surface area contributed by atoms with Gasteiger partial charge in [0.25, 0.3) is 0 Å². The fraction of sp³-hybridized carbons (Fsp3) is 0.448. The van der Waals surface area contributed by atoms with Crippen molar-refractivity contribution >= 4 is 0 Å². The van der Waals surface area contributed by atoms with Crippen molar-refractivity contribution < 1.29 is 45.1 Å². The van der Waals surface area contributed by atoms with Gasteiger partial charge in [-0.3, -0.25) is 0 Å². The van der Waals surface area contributed by atoms with Gasteiger partial charge in [0, 0.05) is 0 Å². The van der Waals surface area contributed by atoms with Crippen molar-refractivity contribution in [2.75, 3.05) is 0 Å². The van der Waals surface area contributed by atoms with Gasteiger partial charge in [0.15, 0.2) is 0 Å². The second kappa shape index (κ2) is 8.55. The number of allylic oxidation sites excluding steroid dienone is 4. The zero-order chi connectivity index (χ0) is 21.5. The maximum Gasteiger partial charge on any atom is -1.00 e. The van der Waals surface area contributed by atoms with E-state index >= 15 is 0 Å². The fourth-order valence-electron chi connectivity index (χ4n) is 6.01. The first-order valence-electron chi connectivity index (χ1n) is 11.7. The van der Waals surface area contributed by atoms with Crippen molar-refractivity contribution in [2.45, 2.75) is 77.1 Å². The summed E-state index contributed by atoms with van der Waals surface area (Å²) in [6, 6.07) is 15.0. The molecular formula is C29H36Cl2Zr. The average molecular weight is 547 g/mol. The molecule has 32 heavy (non-hydrogen) atoms. The third-order valence-corrected chi connectivity index (χ3v) is 22.6. The molecule has 1 fully saturated rings. The molecule has 5 rings (SSSR count). The van der Waals surface area contributed by atoms with Gasteiger partial charge in [0.2, 0.25) is 0 Å². The van der Waals surface area contributed by atoms with Gasteiger partial charge in [-0.2, -0.15) is 0 Å². The summed E-state index contributed by atoms with van der Waals surface area (Å²) in [6.45, 7) is 16.6. The van der Waals surface area contributed by atoms with E-state index in [2.05, 4.69) is 103 Å². The summed E-state index contributed by atoms with van der Waals surface area (Å²) < 4.78 is 5.04. The molecule has 2 atom stereocenters. The molecule has 0 saturated carbocycles. The van der Waals surface area contributed by atoms with E-state index in [-0.39, 0.29) is 35.6 Å². The molecule has 0 spiro atoms. The van der Waals surface area contributed by atoms with Crippen LogP contribution in [0.2, 0.25) is 7.75 Å². The second-order valence-electron chi connectivity index (χ2n) is 12.0. The Balaban J connectivity index is 0.00000144. The molecule has 2 unspecified atom stereocenters. The molecule has 0 amide bonds. The van der Waals surface area contributed by atoms with Crippen LogP contribution in [0.1, 0.15) is 80.8 Å². The van der Waals surface area contributed by atoms with Crippen LogP contribution >= 0.6 is 0 Å². The van der Waals surface area contributed by atoms with E-state index in [4.69, 9.17) is 0 Å². The Hall–Kier alpha value is -0.617. The van der Waals surface area contributed by atoms with Crippen molar-refractivity contribution in [3.05, 3.63) is 80.2 Å². The van der Waals surface area contributed by atoms with Crippen molar-refractivity contribution in [3.63, 3.8) is 0 Å². The molecule has 2 aromatic rings. The van der Waals surface area contributed by atoms with Crippen LogP contribution in [-0.4, -0.2) is 0 Å². The number of fused-ring (bicyclic) bond motifs is 3. The summed E-state index contributed by atoms with van der Waals surface area (Å²) >= 11 is -2.45. The standard InChI is InChI=1S/C21H25.C5H5.C3H6.2ClH.Zr/c1-20(2,3)16-9-7-14-11-15-8-10-17(21(4,5)6)13-19(15)18(14)12-16;1-2-4-5-3-1;1-3-2;;;/h7-13H,1-6H3;1-3H,4H2;3H,1H2,2H3;2*1H;/q;;;;;+2/p-2. The summed E-state index contributed by atoms with van der Waals surface area (Å²) in [5.41, 5.74) is 9.66. The van der Waals surface area contributed by atoms with Gasteiger partial charge in [-0.05, 0) is 0 Å². The maximum absolute atomic E-state index is 2.56. The third kappa shape index (κ3) is 3.95. The van der Waals surface area contributed by atoms with E-state index in [1.807, 2.05) is 3.28 Å². The van der Waals surface area contributed by atoms with E-state index in [9.17, 15) is 0 Å². The average Bonchev–Trinajstić information content (AvgIpc) is 3.05. The molecule has 1 heterocycles. The van der Waals surface area contributed by atoms with Crippen LogP contribution < -0.4 is 24.8 Å². The Morgan fingerprint density at radius 3 is 1.59 bits per heavy atom. The smallest absolute Gasteiger partial charge is 1.00 e. The van der Waals surface area contributed by atoms with E-state index < -0.39 is 20.3 Å². The molecule has 3 aliphatic rings. The van der Waals surface area contributed by atoms with Gasteiger partial charge in [-0.1, -0.05) is 0 Å². The van der Waals surface area contributed by atoms with Gasteiger partial charge in [-0.15, -0.1) is 0 Å². The van der Waals surface area contributed by atoms with Crippen LogP contribution in [0.25, 0.3) is 11.1 Å². The van der Waals surface area contributed by atoms with Crippen LogP contribution in [0.4, 0.5) is 0 Å². The van der Waals surface area contributed by atoms with Crippen molar-refractivity contribution in [1.82, 2.24) is 0 Å². The van der Waals surface area contributed by atoms with Gasteiger partial charge >= 0.3 is 189 Å². The molecule has 1 saturated heterocycles. The first kappa shape index (κ1) is 26.0. The molecule has 0 bridgehead atoms.